The molecule has 0 saturated heterocycles. The van der Waals surface area contributed by atoms with E-state index in [9.17, 15) is 0 Å². The number of hydrogen-bond acceptors (Lipinski definition) is 5. The van der Waals surface area contributed by atoms with Crippen molar-refractivity contribution in [1.82, 2.24) is 0 Å². The molecular formula is C13H20N2O3S. The van der Waals surface area contributed by atoms with Gasteiger partial charge in [0.15, 0.2) is 5.17 Å². The minimum atomic E-state index is 0.565. The Morgan fingerprint density at radius 3 is 2.47 bits per heavy atom. The molecule has 0 aromatic heterocycles. The molecule has 0 fully saturated rings. The summed E-state index contributed by atoms with van der Waals surface area (Å²) < 4.78 is 15.5. The van der Waals surface area contributed by atoms with Crippen LogP contribution in [0.2, 0.25) is 0 Å². The summed E-state index contributed by atoms with van der Waals surface area (Å²) in [5.74, 6) is 2.39. The molecule has 5 nitrogen and oxygen atoms in total. The van der Waals surface area contributed by atoms with Crippen molar-refractivity contribution in [2.75, 3.05) is 39.7 Å². The first-order chi connectivity index (χ1) is 9.26. The number of methoxy groups -OCH3 is 2. The molecule has 106 valence electrons. The van der Waals surface area contributed by atoms with Crippen LogP contribution in [0.1, 0.15) is 0 Å². The molecule has 2 N–H and O–H groups in total. The summed E-state index contributed by atoms with van der Waals surface area (Å²) in [6.45, 7) is 1.76. The van der Waals surface area contributed by atoms with E-state index in [0.29, 0.717) is 24.9 Å². The third kappa shape index (κ3) is 6.93. The van der Waals surface area contributed by atoms with Gasteiger partial charge in [-0.15, -0.1) is 0 Å². The van der Waals surface area contributed by atoms with Gasteiger partial charge in [0.05, 0.1) is 26.9 Å². The highest BCUT2D eigenvalue weighted by molar-refractivity contribution is 8.13. The molecule has 0 aliphatic heterocycles. The van der Waals surface area contributed by atoms with Crippen molar-refractivity contribution in [3.63, 3.8) is 0 Å². The molecule has 0 radical (unpaired) electrons. The molecule has 0 heterocycles. The second-order valence-electron chi connectivity index (χ2n) is 3.59. The Morgan fingerprint density at radius 2 is 1.84 bits per heavy atom. The zero-order valence-electron chi connectivity index (χ0n) is 11.3. The lowest BCUT2D eigenvalue weighted by molar-refractivity contribution is 0.208. The molecule has 0 bridgehead atoms. The van der Waals surface area contributed by atoms with Crippen molar-refractivity contribution in [2.24, 2.45) is 10.7 Å². The van der Waals surface area contributed by atoms with E-state index in [0.717, 1.165) is 17.3 Å². The minimum absolute atomic E-state index is 0.565. The maximum absolute atomic E-state index is 5.72. The minimum Gasteiger partial charge on any atom is -0.497 e. The predicted octanol–water partition coefficient (Wildman–Crippen LogP) is 1.77. The zero-order chi connectivity index (χ0) is 13.9. The molecule has 0 aliphatic carbocycles. The van der Waals surface area contributed by atoms with Crippen LogP contribution in [0.15, 0.2) is 29.3 Å². The summed E-state index contributed by atoms with van der Waals surface area (Å²) in [4.78, 5) is 4.14. The monoisotopic (exact) mass is 284 g/mol. The van der Waals surface area contributed by atoms with E-state index in [1.165, 1.54) is 11.8 Å². The fraction of sp³-hybridized carbons (Fsp3) is 0.462. The number of rotatable bonds is 8. The molecular weight excluding hydrogens is 264 g/mol. The van der Waals surface area contributed by atoms with Crippen molar-refractivity contribution in [2.45, 2.75) is 0 Å². The van der Waals surface area contributed by atoms with Gasteiger partial charge in [0, 0.05) is 12.9 Å². The fourth-order valence-electron chi connectivity index (χ4n) is 1.27. The van der Waals surface area contributed by atoms with Crippen LogP contribution in [0.25, 0.3) is 0 Å². The van der Waals surface area contributed by atoms with Gasteiger partial charge < -0.3 is 19.9 Å². The van der Waals surface area contributed by atoms with Crippen molar-refractivity contribution in [1.29, 1.82) is 0 Å². The average Bonchev–Trinajstić information content (AvgIpc) is 2.44. The van der Waals surface area contributed by atoms with E-state index in [1.54, 1.807) is 14.2 Å². The lowest BCUT2D eigenvalue weighted by Gasteiger charge is -2.06. The van der Waals surface area contributed by atoms with Crippen LogP contribution in [0.3, 0.4) is 0 Å². The Bertz CT molecular complexity index is 382. The maximum atomic E-state index is 5.72. The van der Waals surface area contributed by atoms with E-state index in [1.807, 2.05) is 24.3 Å². The van der Waals surface area contributed by atoms with Crippen LogP contribution in [0, 0.1) is 0 Å². The summed E-state index contributed by atoms with van der Waals surface area (Å²) in [6.07, 6.45) is 0. The van der Waals surface area contributed by atoms with Gasteiger partial charge >= 0.3 is 0 Å². The van der Waals surface area contributed by atoms with E-state index in [4.69, 9.17) is 19.9 Å². The van der Waals surface area contributed by atoms with Crippen molar-refractivity contribution >= 4 is 16.9 Å². The molecule has 1 aromatic rings. The number of ether oxygens (including phenoxy) is 3. The lowest BCUT2D eigenvalue weighted by Crippen LogP contribution is -2.12. The van der Waals surface area contributed by atoms with Crippen molar-refractivity contribution in [3.05, 3.63) is 24.3 Å². The first-order valence-corrected chi connectivity index (χ1v) is 6.93. The average molecular weight is 284 g/mol. The molecule has 1 aromatic carbocycles. The van der Waals surface area contributed by atoms with Gasteiger partial charge in [-0.3, -0.25) is 4.99 Å². The van der Waals surface area contributed by atoms with E-state index in [-0.39, 0.29) is 0 Å². The Balaban J connectivity index is 2.17. The molecule has 0 amide bonds. The standard InChI is InChI=1S/C13H20N2O3S/c1-16-8-7-15-13(14)19-10-9-18-12-5-3-11(17-2)4-6-12/h3-6H,7-10H2,1-2H3,(H2,14,15). The number of amidine groups is 1. The van der Waals surface area contributed by atoms with Gasteiger partial charge in [-0.05, 0) is 24.3 Å². The lowest BCUT2D eigenvalue weighted by atomic mass is 10.3. The summed E-state index contributed by atoms with van der Waals surface area (Å²) >= 11 is 1.48. The van der Waals surface area contributed by atoms with E-state index < -0.39 is 0 Å². The van der Waals surface area contributed by atoms with Gasteiger partial charge in [0.1, 0.15) is 11.5 Å². The zero-order valence-corrected chi connectivity index (χ0v) is 12.1. The van der Waals surface area contributed by atoms with Crippen LogP contribution in [-0.4, -0.2) is 44.9 Å². The normalized spacial score (nSPS) is 11.4. The Morgan fingerprint density at radius 1 is 1.16 bits per heavy atom. The van der Waals surface area contributed by atoms with Gasteiger partial charge in [-0.2, -0.15) is 0 Å². The Labute approximate surface area is 118 Å². The van der Waals surface area contributed by atoms with Crippen LogP contribution in [0.5, 0.6) is 11.5 Å². The number of hydrogen-bond donors (Lipinski definition) is 1. The first kappa shape index (κ1) is 15.7. The summed E-state index contributed by atoms with van der Waals surface area (Å²) in [6, 6.07) is 7.48. The van der Waals surface area contributed by atoms with Crippen molar-refractivity contribution < 1.29 is 14.2 Å². The van der Waals surface area contributed by atoms with Gasteiger partial charge in [-0.25, -0.2) is 0 Å². The van der Waals surface area contributed by atoms with E-state index in [2.05, 4.69) is 4.99 Å². The third-order valence-electron chi connectivity index (χ3n) is 2.22. The second-order valence-corrected chi connectivity index (χ2v) is 4.70. The molecule has 0 saturated carbocycles. The summed E-state index contributed by atoms with van der Waals surface area (Å²) in [5.41, 5.74) is 5.72. The third-order valence-corrected chi connectivity index (χ3v) is 3.02. The molecule has 19 heavy (non-hydrogen) atoms. The van der Waals surface area contributed by atoms with Crippen LogP contribution >= 0.6 is 11.8 Å². The molecule has 1 rings (SSSR count). The molecule has 6 heteroatoms. The topological polar surface area (TPSA) is 66.1 Å². The highest BCUT2D eigenvalue weighted by atomic mass is 32.2. The maximum Gasteiger partial charge on any atom is 0.154 e. The fourth-order valence-corrected chi connectivity index (χ4v) is 1.83. The molecule has 0 unspecified atom stereocenters. The Hall–Kier alpha value is -1.40. The van der Waals surface area contributed by atoms with Gasteiger partial charge in [-0.1, -0.05) is 11.8 Å². The number of aliphatic imine (C=N–C) groups is 1. The van der Waals surface area contributed by atoms with Gasteiger partial charge in [0.25, 0.3) is 0 Å². The number of benzene rings is 1. The molecule has 0 aliphatic rings. The highest BCUT2D eigenvalue weighted by Crippen LogP contribution is 2.17. The van der Waals surface area contributed by atoms with Crippen LogP contribution in [0.4, 0.5) is 0 Å². The van der Waals surface area contributed by atoms with E-state index >= 15 is 0 Å². The predicted molar refractivity (Wildman–Crippen MR) is 79.3 cm³/mol. The SMILES string of the molecule is COCCN=C(N)SCCOc1ccc(OC)cc1. The number of thioether (sulfide) groups is 1. The molecule has 0 atom stereocenters. The number of nitrogens with two attached hydrogens (primary N) is 1. The quantitative estimate of drug-likeness (QED) is 0.448. The summed E-state index contributed by atoms with van der Waals surface area (Å²) in [7, 11) is 3.28. The largest absolute Gasteiger partial charge is 0.497 e. The van der Waals surface area contributed by atoms with Crippen LogP contribution < -0.4 is 15.2 Å². The smallest absolute Gasteiger partial charge is 0.154 e. The second kappa shape index (κ2) is 9.52. The summed E-state index contributed by atoms with van der Waals surface area (Å²) in [5, 5.41) is 0.565. The highest BCUT2D eigenvalue weighted by Gasteiger charge is 1.97. The number of nitrogens with zero attached hydrogens (tertiary/aromatic N) is 1. The first-order valence-electron chi connectivity index (χ1n) is 5.94. The van der Waals surface area contributed by atoms with Crippen LogP contribution in [-0.2, 0) is 4.74 Å². The van der Waals surface area contributed by atoms with Gasteiger partial charge in [0.2, 0.25) is 0 Å². The molecule has 0 spiro atoms. The Kier molecular flexibility index (Phi) is 7.84. The van der Waals surface area contributed by atoms with Crippen molar-refractivity contribution in [3.8, 4) is 11.5 Å².